The molecule has 35 heavy (non-hydrogen) atoms. The Morgan fingerprint density at radius 1 is 0.971 bits per heavy atom. The maximum atomic E-state index is 13.5. The molecule has 2 amide bonds. The third-order valence-corrected chi connectivity index (χ3v) is 7.80. The third-order valence-electron chi connectivity index (χ3n) is 5.65. The van der Waals surface area contributed by atoms with E-state index in [1.807, 2.05) is 0 Å². The summed E-state index contributed by atoms with van der Waals surface area (Å²) >= 11 is 0. The Morgan fingerprint density at radius 2 is 1.63 bits per heavy atom. The first-order valence-electron chi connectivity index (χ1n) is 11.1. The number of nitrogens with zero attached hydrogens (tertiary/aromatic N) is 1. The van der Waals surface area contributed by atoms with Gasteiger partial charge in [-0.15, -0.1) is 0 Å². The molecule has 1 N–H and O–H groups in total. The summed E-state index contributed by atoms with van der Waals surface area (Å²) in [6.45, 7) is 1.60. The van der Waals surface area contributed by atoms with E-state index >= 15 is 0 Å². The molecule has 0 radical (unpaired) electrons. The number of fused-ring (bicyclic) bond motifs is 1. The lowest BCUT2D eigenvalue weighted by Crippen LogP contribution is -2.38. The van der Waals surface area contributed by atoms with Crippen molar-refractivity contribution in [3.63, 3.8) is 0 Å². The molecule has 0 aromatic heterocycles. The molecule has 0 aliphatic carbocycles. The highest BCUT2D eigenvalue weighted by molar-refractivity contribution is 7.92. The molecular weight excluding hydrogens is 468 g/mol. The monoisotopic (exact) mass is 492 g/mol. The van der Waals surface area contributed by atoms with Crippen LogP contribution < -0.4 is 10.2 Å². The van der Waals surface area contributed by atoms with Gasteiger partial charge in [0.05, 0.1) is 28.0 Å². The molecule has 1 aliphatic rings. The van der Waals surface area contributed by atoms with Crippen molar-refractivity contribution in [3.8, 4) is 0 Å². The topological polar surface area (TPSA) is 110 Å². The van der Waals surface area contributed by atoms with Crippen LogP contribution in [0.4, 0.5) is 11.4 Å². The van der Waals surface area contributed by atoms with Gasteiger partial charge in [-0.25, -0.2) is 13.2 Å². The highest BCUT2D eigenvalue weighted by atomic mass is 32.2. The number of para-hydroxylation sites is 1. The number of carbonyl (C=O) groups is 3. The molecule has 0 fully saturated rings. The number of sulfone groups is 1. The smallest absolute Gasteiger partial charge is 0.338 e. The normalized spacial score (nSPS) is 16.7. The van der Waals surface area contributed by atoms with Crippen LogP contribution in [-0.4, -0.2) is 39.4 Å². The molecule has 8 nitrogen and oxygen atoms in total. The van der Waals surface area contributed by atoms with E-state index in [0.717, 1.165) is 0 Å². The fourth-order valence-corrected chi connectivity index (χ4v) is 5.90. The lowest BCUT2D eigenvalue weighted by Gasteiger charge is -2.21. The fourth-order valence-electron chi connectivity index (χ4n) is 3.97. The minimum Gasteiger partial charge on any atom is -0.462 e. The van der Waals surface area contributed by atoms with E-state index in [0.29, 0.717) is 16.8 Å². The van der Waals surface area contributed by atoms with Gasteiger partial charge < -0.3 is 15.0 Å². The SMILES string of the molecule is CCOC(=O)c1ccc(NC(=O)CN2C(=O)CC(c3ccccc3)S(=O)(=O)c3ccccc32)cc1. The number of ether oxygens (including phenoxy) is 1. The van der Waals surface area contributed by atoms with Crippen molar-refractivity contribution in [1.82, 2.24) is 0 Å². The van der Waals surface area contributed by atoms with Crippen LogP contribution >= 0.6 is 0 Å². The van der Waals surface area contributed by atoms with Crippen molar-refractivity contribution in [1.29, 1.82) is 0 Å². The van der Waals surface area contributed by atoms with Crippen LogP contribution in [0.15, 0.2) is 83.8 Å². The number of rotatable bonds is 6. The maximum Gasteiger partial charge on any atom is 0.338 e. The van der Waals surface area contributed by atoms with E-state index in [1.165, 1.54) is 29.2 Å². The average Bonchev–Trinajstić information content (AvgIpc) is 2.94. The van der Waals surface area contributed by atoms with Crippen LogP contribution in [0.5, 0.6) is 0 Å². The summed E-state index contributed by atoms with van der Waals surface area (Å²) in [5, 5.41) is 1.63. The molecule has 0 spiro atoms. The van der Waals surface area contributed by atoms with Gasteiger partial charge in [0, 0.05) is 12.1 Å². The number of amides is 2. The van der Waals surface area contributed by atoms with E-state index in [4.69, 9.17) is 4.74 Å². The summed E-state index contributed by atoms with van der Waals surface area (Å²) in [4.78, 5) is 39.1. The lowest BCUT2D eigenvalue weighted by atomic mass is 10.1. The fraction of sp³-hybridized carbons (Fsp3) is 0.192. The highest BCUT2D eigenvalue weighted by Crippen LogP contribution is 2.40. The van der Waals surface area contributed by atoms with Crippen LogP contribution in [0.1, 0.15) is 34.5 Å². The Kier molecular flexibility index (Phi) is 6.97. The number of benzene rings is 3. The maximum absolute atomic E-state index is 13.5. The zero-order valence-electron chi connectivity index (χ0n) is 19.0. The van der Waals surface area contributed by atoms with Crippen molar-refractivity contribution in [2.24, 2.45) is 0 Å². The summed E-state index contributed by atoms with van der Waals surface area (Å²) in [5.41, 5.74) is 1.46. The van der Waals surface area contributed by atoms with Crippen molar-refractivity contribution in [2.75, 3.05) is 23.4 Å². The third kappa shape index (κ3) is 5.09. The zero-order valence-corrected chi connectivity index (χ0v) is 19.8. The minimum atomic E-state index is -3.89. The second-order valence-electron chi connectivity index (χ2n) is 7.94. The van der Waals surface area contributed by atoms with Crippen LogP contribution in [-0.2, 0) is 24.2 Å². The molecule has 9 heteroatoms. The Hall–Kier alpha value is -3.98. The lowest BCUT2D eigenvalue weighted by molar-refractivity contribution is -0.121. The van der Waals surface area contributed by atoms with Crippen LogP contribution in [0.25, 0.3) is 0 Å². The Bertz CT molecular complexity index is 1350. The average molecular weight is 493 g/mol. The number of hydrogen-bond acceptors (Lipinski definition) is 6. The Morgan fingerprint density at radius 3 is 2.31 bits per heavy atom. The molecule has 3 aromatic rings. The molecule has 1 unspecified atom stereocenters. The number of nitrogens with one attached hydrogen (secondary N) is 1. The molecule has 1 atom stereocenters. The summed E-state index contributed by atoms with van der Waals surface area (Å²) < 4.78 is 32.0. The van der Waals surface area contributed by atoms with Crippen molar-refractivity contribution < 1.29 is 27.5 Å². The summed E-state index contributed by atoms with van der Waals surface area (Å²) in [7, 11) is -3.89. The van der Waals surface area contributed by atoms with Crippen LogP contribution in [0.3, 0.4) is 0 Å². The Balaban J connectivity index is 1.59. The van der Waals surface area contributed by atoms with Gasteiger partial charge in [-0.1, -0.05) is 42.5 Å². The van der Waals surface area contributed by atoms with E-state index in [9.17, 15) is 22.8 Å². The number of carbonyl (C=O) groups excluding carboxylic acids is 3. The molecule has 0 bridgehead atoms. The zero-order chi connectivity index (χ0) is 25.0. The molecule has 180 valence electrons. The van der Waals surface area contributed by atoms with Crippen LogP contribution in [0.2, 0.25) is 0 Å². The predicted octanol–water partition coefficient (Wildman–Crippen LogP) is 3.75. The number of hydrogen-bond donors (Lipinski definition) is 1. The second kappa shape index (κ2) is 10.1. The summed E-state index contributed by atoms with van der Waals surface area (Å²) in [6.07, 6.45) is -0.289. The molecule has 1 aliphatic heterocycles. The van der Waals surface area contributed by atoms with Crippen LogP contribution in [0, 0.1) is 0 Å². The molecular formula is C26H24N2O6S. The molecule has 4 rings (SSSR count). The van der Waals surface area contributed by atoms with Gasteiger partial charge in [0.1, 0.15) is 6.54 Å². The standard InChI is InChI=1S/C26H24N2O6S/c1-2-34-26(31)19-12-14-20(15-13-19)27-24(29)17-28-21-10-6-7-11-22(21)35(32,33)23(16-25(28)30)18-8-4-3-5-9-18/h3-15,23H,2,16-17H2,1H3,(H,27,29). The summed E-state index contributed by atoms with van der Waals surface area (Å²) in [6, 6.07) is 21.0. The first kappa shape index (κ1) is 24.2. The van der Waals surface area contributed by atoms with Gasteiger partial charge in [-0.2, -0.15) is 0 Å². The van der Waals surface area contributed by atoms with E-state index in [2.05, 4.69) is 5.32 Å². The van der Waals surface area contributed by atoms with E-state index < -0.39 is 32.9 Å². The molecule has 0 saturated heterocycles. The number of esters is 1. The molecule has 3 aromatic carbocycles. The first-order valence-corrected chi connectivity index (χ1v) is 12.6. The van der Waals surface area contributed by atoms with Gasteiger partial charge in [0.25, 0.3) is 0 Å². The molecule has 1 heterocycles. The van der Waals surface area contributed by atoms with E-state index in [-0.39, 0.29) is 30.2 Å². The van der Waals surface area contributed by atoms with E-state index in [1.54, 1.807) is 61.5 Å². The Labute approximate surface area is 203 Å². The van der Waals surface area contributed by atoms with Crippen molar-refractivity contribution in [3.05, 3.63) is 90.0 Å². The highest BCUT2D eigenvalue weighted by Gasteiger charge is 2.39. The summed E-state index contributed by atoms with van der Waals surface area (Å²) in [5.74, 6) is -1.45. The largest absolute Gasteiger partial charge is 0.462 e. The van der Waals surface area contributed by atoms with Gasteiger partial charge in [0.15, 0.2) is 9.84 Å². The van der Waals surface area contributed by atoms with Gasteiger partial charge in [-0.3, -0.25) is 9.59 Å². The second-order valence-corrected chi connectivity index (χ2v) is 10.0. The predicted molar refractivity (Wildman–Crippen MR) is 131 cm³/mol. The van der Waals surface area contributed by atoms with Crippen molar-refractivity contribution in [2.45, 2.75) is 23.5 Å². The van der Waals surface area contributed by atoms with Gasteiger partial charge in [0.2, 0.25) is 11.8 Å². The quantitative estimate of drug-likeness (QED) is 0.525. The van der Waals surface area contributed by atoms with Gasteiger partial charge >= 0.3 is 5.97 Å². The minimum absolute atomic E-state index is 0.00583. The first-order chi connectivity index (χ1) is 16.8. The van der Waals surface area contributed by atoms with Gasteiger partial charge in [-0.05, 0) is 48.9 Å². The molecule has 0 saturated carbocycles. The number of anilines is 2. The van der Waals surface area contributed by atoms with Crippen molar-refractivity contribution >= 4 is 39.0 Å².